The van der Waals surface area contributed by atoms with E-state index >= 15 is 0 Å². The number of benzene rings is 2. The Bertz CT molecular complexity index is 722. The fraction of sp³-hybridized carbons (Fsp3) is 0.118. The van der Waals surface area contributed by atoms with E-state index in [1.54, 1.807) is 24.4 Å². The summed E-state index contributed by atoms with van der Waals surface area (Å²) in [6.45, 7) is 0.477. The second kappa shape index (κ2) is 5.89. The quantitative estimate of drug-likeness (QED) is 0.796. The van der Waals surface area contributed by atoms with Gasteiger partial charge >= 0.3 is 0 Å². The van der Waals surface area contributed by atoms with Crippen LogP contribution in [0.3, 0.4) is 0 Å². The van der Waals surface area contributed by atoms with Gasteiger partial charge in [0.05, 0.1) is 6.04 Å². The second-order valence-electron chi connectivity index (χ2n) is 4.90. The number of hydrogen-bond donors (Lipinski definition) is 1. The minimum Gasteiger partial charge on any atom is -0.329 e. The lowest BCUT2D eigenvalue weighted by Gasteiger charge is -2.15. The van der Waals surface area contributed by atoms with Crippen LogP contribution in [0.15, 0.2) is 67.0 Å². The van der Waals surface area contributed by atoms with E-state index in [2.05, 4.69) is 4.98 Å². The van der Waals surface area contributed by atoms with Crippen LogP contribution in [0.2, 0.25) is 0 Å². The van der Waals surface area contributed by atoms with E-state index in [9.17, 15) is 4.39 Å². The van der Waals surface area contributed by atoms with E-state index in [4.69, 9.17) is 5.73 Å². The molecular formula is C17H16FN3. The standard InChI is InChI=1S/C17H16FN3/c18-15-9-5-4-8-14(15)16(19)12-21-11-10-20-17(21)13-6-2-1-3-7-13/h1-11,16H,12,19H2. The summed E-state index contributed by atoms with van der Waals surface area (Å²) in [6.07, 6.45) is 3.60. The number of imidazole rings is 1. The smallest absolute Gasteiger partial charge is 0.139 e. The van der Waals surface area contributed by atoms with E-state index in [0.717, 1.165) is 11.4 Å². The first-order valence-electron chi connectivity index (χ1n) is 6.82. The van der Waals surface area contributed by atoms with Gasteiger partial charge < -0.3 is 10.3 Å². The first-order valence-corrected chi connectivity index (χ1v) is 6.82. The van der Waals surface area contributed by atoms with Crippen LogP contribution >= 0.6 is 0 Å². The Hall–Kier alpha value is -2.46. The average molecular weight is 281 g/mol. The van der Waals surface area contributed by atoms with Gasteiger partial charge in [0.15, 0.2) is 0 Å². The normalized spacial score (nSPS) is 12.3. The molecular weight excluding hydrogens is 265 g/mol. The van der Waals surface area contributed by atoms with Crippen molar-refractivity contribution >= 4 is 0 Å². The number of halogens is 1. The Balaban J connectivity index is 1.87. The zero-order valence-electron chi connectivity index (χ0n) is 11.5. The molecule has 0 fully saturated rings. The van der Waals surface area contributed by atoms with Gasteiger partial charge in [0, 0.05) is 30.1 Å². The maximum Gasteiger partial charge on any atom is 0.139 e. The van der Waals surface area contributed by atoms with Gasteiger partial charge in [-0.25, -0.2) is 9.37 Å². The Morgan fingerprint density at radius 3 is 2.52 bits per heavy atom. The molecule has 1 aromatic heterocycles. The molecule has 0 aliphatic rings. The zero-order valence-corrected chi connectivity index (χ0v) is 11.5. The topological polar surface area (TPSA) is 43.8 Å². The highest BCUT2D eigenvalue weighted by molar-refractivity contribution is 5.55. The molecule has 0 radical (unpaired) electrons. The molecule has 1 heterocycles. The Labute approximate surface area is 122 Å². The average Bonchev–Trinajstić information content (AvgIpc) is 2.96. The molecule has 0 saturated heterocycles. The van der Waals surface area contributed by atoms with Crippen molar-refractivity contribution in [2.75, 3.05) is 0 Å². The molecule has 21 heavy (non-hydrogen) atoms. The highest BCUT2D eigenvalue weighted by Gasteiger charge is 2.14. The number of nitrogens with zero attached hydrogens (tertiary/aromatic N) is 2. The fourth-order valence-corrected chi connectivity index (χ4v) is 2.39. The largest absolute Gasteiger partial charge is 0.329 e. The van der Waals surface area contributed by atoms with E-state index in [1.807, 2.05) is 41.1 Å². The molecule has 106 valence electrons. The maximum absolute atomic E-state index is 13.8. The first kappa shape index (κ1) is 13.5. The van der Waals surface area contributed by atoms with Crippen LogP contribution in [0.25, 0.3) is 11.4 Å². The number of nitrogens with two attached hydrogens (primary N) is 1. The van der Waals surface area contributed by atoms with Crippen LogP contribution in [0, 0.1) is 5.82 Å². The summed E-state index contributed by atoms with van der Waals surface area (Å²) in [5.41, 5.74) is 7.68. The summed E-state index contributed by atoms with van der Waals surface area (Å²) in [5.74, 6) is 0.564. The maximum atomic E-state index is 13.8. The van der Waals surface area contributed by atoms with E-state index < -0.39 is 6.04 Å². The summed E-state index contributed by atoms with van der Waals surface area (Å²) in [4.78, 5) is 4.37. The van der Waals surface area contributed by atoms with Crippen molar-refractivity contribution in [1.82, 2.24) is 9.55 Å². The van der Waals surface area contributed by atoms with Gasteiger partial charge in [-0.05, 0) is 6.07 Å². The summed E-state index contributed by atoms with van der Waals surface area (Å²) in [5, 5.41) is 0. The molecule has 0 bridgehead atoms. The molecule has 3 nitrogen and oxygen atoms in total. The number of rotatable bonds is 4. The molecule has 0 amide bonds. The number of aromatic nitrogens is 2. The summed E-state index contributed by atoms with van der Waals surface area (Å²) in [6, 6.07) is 16.1. The van der Waals surface area contributed by atoms with Gasteiger partial charge in [-0.3, -0.25) is 0 Å². The van der Waals surface area contributed by atoms with Crippen molar-refractivity contribution < 1.29 is 4.39 Å². The van der Waals surface area contributed by atoms with Gasteiger partial charge in [-0.1, -0.05) is 48.5 Å². The van der Waals surface area contributed by atoms with Crippen LogP contribution in [-0.2, 0) is 6.54 Å². The lowest BCUT2D eigenvalue weighted by Crippen LogP contribution is -2.19. The minimum absolute atomic E-state index is 0.272. The summed E-state index contributed by atoms with van der Waals surface area (Å²) in [7, 11) is 0. The van der Waals surface area contributed by atoms with Crippen molar-refractivity contribution in [3.8, 4) is 11.4 Å². The number of hydrogen-bond acceptors (Lipinski definition) is 2. The van der Waals surface area contributed by atoms with Crippen LogP contribution < -0.4 is 5.73 Å². The predicted molar refractivity (Wildman–Crippen MR) is 81.0 cm³/mol. The van der Waals surface area contributed by atoms with E-state index in [0.29, 0.717) is 12.1 Å². The van der Waals surface area contributed by atoms with Crippen molar-refractivity contribution in [2.45, 2.75) is 12.6 Å². The van der Waals surface area contributed by atoms with Crippen molar-refractivity contribution in [3.63, 3.8) is 0 Å². The molecule has 0 saturated carbocycles. The molecule has 3 rings (SSSR count). The van der Waals surface area contributed by atoms with Gasteiger partial charge in [0.25, 0.3) is 0 Å². The fourth-order valence-electron chi connectivity index (χ4n) is 2.39. The molecule has 3 aromatic rings. The van der Waals surface area contributed by atoms with Gasteiger partial charge in [-0.15, -0.1) is 0 Å². The van der Waals surface area contributed by atoms with Crippen molar-refractivity contribution in [2.24, 2.45) is 5.73 Å². The van der Waals surface area contributed by atoms with E-state index in [-0.39, 0.29) is 5.82 Å². The van der Waals surface area contributed by atoms with Gasteiger partial charge in [0.1, 0.15) is 11.6 Å². The van der Waals surface area contributed by atoms with E-state index in [1.165, 1.54) is 6.07 Å². The predicted octanol–water partition coefficient (Wildman–Crippen LogP) is 3.39. The summed E-state index contributed by atoms with van der Waals surface area (Å²) < 4.78 is 15.7. The molecule has 1 atom stereocenters. The van der Waals surface area contributed by atoms with Crippen LogP contribution in [0.5, 0.6) is 0 Å². The lowest BCUT2D eigenvalue weighted by atomic mass is 10.1. The Kier molecular flexibility index (Phi) is 3.79. The van der Waals surface area contributed by atoms with Crippen LogP contribution in [0.1, 0.15) is 11.6 Å². The molecule has 0 aliphatic carbocycles. The third-order valence-electron chi connectivity index (χ3n) is 3.45. The molecule has 4 heteroatoms. The zero-order chi connectivity index (χ0) is 14.7. The van der Waals surface area contributed by atoms with Crippen molar-refractivity contribution in [3.05, 3.63) is 78.4 Å². The van der Waals surface area contributed by atoms with Crippen LogP contribution in [-0.4, -0.2) is 9.55 Å². The van der Waals surface area contributed by atoms with Crippen molar-refractivity contribution in [1.29, 1.82) is 0 Å². The minimum atomic E-state index is -0.414. The first-order chi connectivity index (χ1) is 10.3. The van der Waals surface area contributed by atoms with Gasteiger partial charge in [0.2, 0.25) is 0 Å². The molecule has 0 spiro atoms. The van der Waals surface area contributed by atoms with Gasteiger partial charge in [-0.2, -0.15) is 0 Å². The summed E-state index contributed by atoms with van der Waals surface area (Å²) >= 11 is 0. The highest BCUT2D eigenvalue weighted by atomic mass is 19.1. The Morgan fingerprint density at radius 1 is 1.05 bits per heavy atom. The monoisotopic (exact) mass is 281 g/mol. The highest BCUT2D eigenvalue weighted by Crippen LogP contribution is 2.21. The third kappa shape index (κ3) is 2.85. The molecule has 1 unspecified atom stereocenters. The van der Waals surface area contributed by atoms with Crippen LogP contribution in [0.4, 0.5) is 4.39 Å². The molecule has 2 aromatic carbocycles. The molecule has 0 aliphatic heterocycles. The Morgan fingerprint density at radius 2 is 1.76 bits per heavy atom. The third-order valence-corrected chi connectivity index (χ3v) is 3.45. The lowest BCUT2D eigenvalue weighted by molar-refractivity contribution is 0.534. The SMILES string of the molecule is NC(Cn1ccnc1-c1ccccc1)c1ccccc1F. The second-order valence-corrected chi connectivity index (χ2v) is 4.90. The molecule has 2 N–H and O–H groups in total.